The van der Waals surface area contributed by atoms with Crippen LogP contribution in [0.2, 0.25) is 5.02 Å². The smallest absolute Gasteiger partial charge is 0.340 e. The molecule has 2 aromatic carbocycles. The maximum Gasteiger partial charge on any atom is 0.340 e. The maximum atomic E-state index is 13.1. The third-order valence-electron chi connectivity index (χ3n) is 4.57. The van der Waals surface area contributed by atoms with Gasteiger partial charge in [0.15, 0.2) is 23.1 Å². The second kappa shape index (κ2) is 10.8. The van der Waals surface area contributed by atoms with E-state index in [4.69, 9.17) is 21.1 Å². The summed E-state index contributed by atoms with van der Waals surface area (Å²) in [7, 11) is 0. The highest BCUT2D eigenvalue weighted by molar-refractivity contribution is 6.30. The van der Waals surface area contributed by atoms with Crippen molar-refractivity contribution >= 4 is 35.1 Å². The molecule has 0 saturated heterocycles. The second-order valence-electron chi connectivity index (χ2n) is 6.74. The highest BCUT2D eigenvalue weighted by Crippen LogP contribution is 2.45. The van der Waals surface area contributed by atoms with Crippen molar-refractivity contribution in [2.24, 2.45) is 0 Å². The summed E-state index contributed by atoms with van der Waals surface area (Å²) in [4.78, 5) is 50.3. The largest absolute Gasteiger partial charge is 0.504 e. The number of hydrogen-bond acceptors (Lipinski definition) is 8. The van der Waals surface area contributed by atoms with Crippen molar-refractivity contribution in [3.05, 3.63) is 51.5 Å². The van der Waals surface area contributed by atoms with Crippen LogP contribution >= 0.6 is 11.6 Å². The Bertz CT molecular complexity index is 1070. The predicted octanol–water partition coefficient (Wildman–Crippen LogP) is 4.61. The lowest BCUT2D eigenvalue weighted by Gasteiger charge is -2.19. The van der Waals surface area contributed by atoms with Gasteiger partial charge < -0.3 is 19.7 Å². The first-order chi connectivity index (χ1) is 15.2. The molecule has 0 atom stereocenters. The molecule has 170 valence electrons. The molecule has 0 radical (unpaired) electrons. The van der Waals surface area contributed by atoms with Crippen LogP contribution in [0.3, 0.4) is 0 Å². The van der Waals surface area contributed by atoms with E-state index in [0.29, 0.717) is 10.6 Å². The maximum absolute atomic E-state index is 13.1. The Morgan fingerprint density at radius 1 is 0.875 bits per heavy atom. The molecule has 0 spiro atoms. The van der Waals surface area contributed by atoms with Gasteiger partial charge in [0.2, 0.25) is 5.75 Å². The van der Waals surface area contributed by atoms with E-state index in [1.165, 1.54) is 20.8 Å². The van der Waals surface area contributed by atoms with Crippen molar-refractivity contribution in [2.45, 2.75) is 46.6 Å². The Kier molecular flexibility index (Phi) is 8.37. The van der Waals surface area contributed by atoms with Crippen molar-refractivity contribution in [2.75, 3.05) is 0 Å². The van der Waals surface area contributed by atoms with Crippen LogP contribution in [0, 0.1) is 0 Å². The summed E-state index contributed by atoms with van der Waals surface area (Å²) < 4.78 is 10.3. The van der Waals surface area contributed by atoms with Crippen molar-refractivity contribution in [3.63, 3.8) is 0 Å². The molecule has 32 heavy (non-hydrogen) atoms. The first kappa shape index (κ1) is 24.9. The average molecular weight is 463 g/mol. The number of ketones is 2. The zero-order valence-corrected chi connectivity index (χ0v) is 18.6. The number of halogens is 1. The molecule has 2 N–H and O–H groups in total. The molecule has 0 fully saturated rings. The van der Waals surface area contributed by atoms with E-state index in [0.717, 1.165) is 0 Å². The second-order valence-corrected chi connectivity index (χ2v) is 7.17. The van der Waals surface area contributed by atoms with Gasteiger partial charge in [-0.1, -0.05) is 44.5 Å². The van der Waals surface area contributed by atoms with Gasteiger partial charge in [0.25, 0.3) is 0 Å². The molecule has 9 heteroatoms. The summed E-state index contributed by atoms with van der Waals surface area (Å²) in [6, 6.07) is 6.50. The Hall–Kier alpha value is -3.39. The van der Waals surface area contributed by atoms with Crippen molar-refractivity contribution in [1.82, 2.24) is 0 Å². The number of benzene rings is 2. The fraction of sp³-hybridized carbons (Fsp3) is 0.304. The standard InChI is InChI=1S/C23H23ClO8/c1-4-14(25)17-19(23(30)31-11-12-8-7-9-13(24)10-12)18(15(26)5-2)22(21(29)20(17)28)32-16(27)6-3/h7-10,28-29H,4-6,11H2,1-3H3. The highest BCUT2D eigenvalue weighted by atomic mass is 35.5. The molecular formula is C23H23ClO8. The van der Waals surface area contributed by atoms with Crippen LogP contribution in [0.15, 0.2) is 24.3 Å². The first-order valence-corrected chi connectivity index (χ1v) is 10.3. The monoisotopic (exact) mass is 462 g/mol. The molecule has 0 heterocycles. The molecule has 0 aliphatic carbocycles. The lowest BCUT2D eigenvalue weighted by atomic mass is 9.91. The lowest BCUT2D eigenvalue weighted by molar-refractivity contribution is -0.134. The SMILES string of the molecule is CCC(=O)Oc1c(O)c(O)c(C(=O)CC)c(C(=O)OCc2cccc(Cl)c2)c1C(=O)CC. The zero-order valence-electron chi connectivity index (χ0n) is 17.9. The fourth-order valence-corrected chi connectivity index (χ4v) is 3.14. The number of phenolic OH excluding ortho intramolecular Hbond substituents is 2. The van der Waals surface area contributed by atoms with Crippen molar-refractivity contribution in [3.8, 4) is 17.2 Å². The molecule has 0 amide bonds. The van der Waals surface area contributed by atoms with Gasteiger partial charge in [-0.3, -0.25) is 14.4 Å². The molecular weight excluding hydrogens is 440 g/mol. The topological polar surface area (TPSA) is 127 Å². The average Bonchev–Trinajstić information content (AvgIpc) is 2.79. The number of ether oxygens (including phenoxy) is 2. The normalized spacial score (nSPS) is 10.5. The number of phenols is 2. The van der Waals surface area contributed by atoms with Crippen LogP contribution in [0.1, 0.15) is 76.7 Å². The van der Waals surface area contributed by atoms with Crippen LogP contribution in [0.4, 0.5) is 0 Å². The Balaban J connectivity index is 2.72. The van der Waals surface area contributed by atoms with Crippen LogP contribution in [0.25, 0.3) is 0 Å². The number of aromatic hydroxyl groups is 2. The summed E-state index contributed by atoms with van der Waals surface area (Å²) in [6.45, 7) is 4.20. The van der Waals surface area contributed by atoms with E-state index >= 15 is 0 Å². The van der Waals surface area contributed by atoms with E-state index in [1.807, 2.05) is 0 Å². The summed E-state index contributed by atoms with van der Waals surface area (Å²) in [5.41, 5.74) is -1.11. The van der Waals surface area contributed by atoms with Gasteiger partial charge in [0.1, 0.15) is 6.61 Å². The number of Topliss-reactive ketones (excluding diaryl/α,β-unsaturated/α-hetero) is 2. The van der Waals surface area contributed by atoms with Crippen LogP contribution in [-0.4, -0.2) is 33.7 Å². The van der Waals surface area contributed by atoms with E-state index in [9.17, 15) is 29.4 Å². The predicted molar refractivity (Wildman–Crippen MR) is 116 cm³/mol. The van der Waals surface area contributed by atoms with E-state index in [1.54, 1.807) is 24.3 Å². The quantitative estimate of drug-likeness (QED) is 0.239. The van der Waals surface area contributed by atoms with Crippen molar-refractivity contribution < 1.29 is 38.9 Å². The first-order valence-electron chi connectivity index (χ1n) is 9.96. The Morgan fingerprint density at radius 2 is 1.50 bits per heavy atom. The molecule has 0 unspecified atom stereocenters. The van der Waals surface area contributed by atoms with Crippen LogP contribution in [-0.2, 0) is 16.1 Å². The van der Waals surface area contributed by atoms with Gasteiger partial charge in [-0.2, -0.15) is 0 Å². The Morgan fingerprint density at radius 3 is 2.06 bits per heavy atom. The van der Waals surface area contributed by atoms with Gasteiger partial charge in [-0.15, -0.1) is 0 Å². The minimum Gasteiger partial charge on any atom is -0.504 e. The van der Waals surface area contributed by atoms with E-state index in [2.05, 4.69) is 0 Å². The molecule has 0 saturated carbocycles. The van der Waals surface area contributed by atoms with Crippen LogP contribution < -0.4 is 4.74 Å². The lowest BCUT2D eigenvalue weighted by Crippen LogP contribution is -2.20. The van der Waals surface area contributed by atoms with Crippen molar-refractivity contribution in [1.29, 1.82) is 0 Å². The third kappa shape index (κ3) is 5.26. The number of carbonyl (C=O) groups is 4. The van der Waals surface area contributed by atoms with Crippen LogP contribution in [0.5, 0.6) is 17.2 Å². The molecule has 0 aliphatic heterocycles. The zero-order chi connectivity index (χ0) is 24.0. The minimum absolute atomic E-state index is 0.107. The molecule has 0 bridgehead atoms. The van der Waals surface area contributed by atoms with Gasteiger partial charge in [-0.05, 0) is 17.7 Å². The van der Waals surface area contributed by atoms with Gasteiger partial charge >= 0.3 is 11.9 Å². The molecule has 0 aliphatic rings. The van der Waals surface area contributed by atoms with E-state index < -0.39 is 57.4 Å². The summed E-state index contributed by atoms with van der Waals surface area (Å²) in [6.07, 6.45) is -0.394. The number of carbonyl (C=O) groups excluding carboxylic acids is 4. The third-order valence-corrected chi connectivity index (χ3v) is 4.81. The van der Waals surface area contributed by atoms with E-state index in [-0.39, 0.29) is 25.9 Å². The van der Waals surface area contributed by atoms with Gasteiger partial charge in [0.05, 0.1) is 16.7 Å². The summed E-state index contributed by atoms with van der Waals surface area (Å²) in [5, 5.41) is 21.4. The molecule has 0 aromatic heterocycles. The summed E-state index contributed by atoms with van der Waals surface area (Å²) >= 11 is 5.93. The summed E-state index contributed by atoms with van der Waals surface area (Å²) in [5.74, 6) is -5.99. The van der Waals surface area contributed by atoms with Gasteiger partial charge in [-0.25, -0.2) is 4.79 Å². The number of esters is 2. The van der Waals surface area contributed by atoms with Gasteiger partial charge in [0, 0.05) is 24.3 Å². The fourth-order valence-electron chi connectivity index (χ4n) is 2.93. The number of hydrogen-bond donors (Lipinski definition) is 2. The minimum atomic E-state index is -1.11. The molecule has 2 aromatic rings. The molecule has 2 rings (SSSR count). The highest BCUT2D eigenvalue weighted by Gasteiger charge is 2.35. The molecule has 8 nitrogen and oxygen atoms in total. The number of rotatable bonds is 9. The Labute approximate surface area is 189 Å².